The second-order valence-corrected chi connectivity index (χ2v) is 10.8. The van der Waals surface area contributed by atoms with Gasteiger partial charge in [-0.15, -0.1) is 0 Å². The Morgan fingerprint density at radius 2 is 1.34 bits per heavy atom. The quantitative estimate of drug-likeness (QED) is 0.263. The molecular formula is C31H24Cl3N. The lowest BCUT2D eigenvalue weighted by molar-refractivity contribution is 0.660. The maximum atomic E-state index is 6.24. The second kappa shape index (κ2) is 9.47. The normalized spacial score (nSPS) is 17.6. The van der Waals surface area contributed by atoms with Gasteiger partial charge in [-0.3, -0.25) is 4.98 Å². The highest BCUT2D eigenvalue weighted by atomic mass is 35.5. The zero-order valence-electron chi connectivity index (χ0n) is 19.2. The third-order valence-corrected chi connectivity index (χ3v) is 8.00. The minimum Gasteiger partial charge on any atom is -0.252 e. The second-order valence-electron chi connectivity index (χ2n) is 9.47. The molecule has 2 aliphatic rings. The molecule has 0 fully saturated rings. The van der Waals surface area contributed by atoms with Crippen molar-refractivity contribution in [2.75, 3.05) is 0 Å². The number of pyridine rings is 1. The van der Waals surface area contributed by atoms with E-state index in [-0.39, 0.29) is 0 Å². The van der Waals surface area contributed by atoms with E-state index >= 15 is 0 Å². The molecule has 0 bridgehead atoms. The van der Waals surface area contributed by atoms with Crippen LogP contribution in [-0.2, 0) is 19.3 Å². The number of nitrogens with zero attached hydrogens (tertiary/aromatic N) is 1. The molecule has 1 unspecified atom stereocenters. The summed E-state index contributed by atoms with van der Waals surface area (Å²) in [4.78, 5) is 5.38. The predicted octanol–water partition coefficient (Wildman–Crippen LogP) is 9.47. The predicted molar refractivity (Wildman–Crippen MR) is 149 cm³/mol. The van der Waals surface area contributed by atoms with Crippen molar-refractivity contribution >= 4 is 46.5 Å². The fourth-order valence-corrected chi connectivity index (χ4v) is 5.96. The van der Waals surface area contributed by atoms with E-state index in [1.807, 2.05) is 36.4 Å². The third kappa shape index (κ3) is 4.54. The first-order chi connectivity index (χ1) is 17.0. The van der Waals surface area contributed by atoms with Crippen molar-refractivity contribution < 1.29 is 0 Å². The molecule has 0 N–H and O–H groups in total. The van der Waals surface area contributed by atoms with Crippen molar-refractivity contribution in [1.82, 2.24) is 4.98 Å². The standard InChI is InChI=1S/C31H24Cl3N/c32-24-9-1-19(2-10-24)17-22-7-15-27-29(21-5-13-26(34)14-6-21)28-16-8-23(31(28)35-30(22)27)18-20-3-11-25(33)12-4-20/h1-6,9-14,17,23H,7-8,15-16,18H2. The Labute approximate surface area is 221 Å². The van der Waals surface area contributed by atoms with Gasteiger partial charge in [-0.05, 0) is 114 Å². The maximum Gasteiger partial charge on any atom is 0.0703 e. The number of fused-ring (bicyclic) bond motifs is 2. The van der Waals surface area contributed by atoms with Gasteiger partial charge >= 0.3 is 0 Å². The van der Waals surface area contributed by atoms with Crippen LogP contribution in [-0.4, -0.2) is 4.98 Å². The highest BCUT2D eigenvalue weighted by Crippen LogP contribution is 2.47. The van der Waals surface area contributed by atoms with Gasteiger partial charge in [0.15, 0.2) is 0 Å². The monoisotopic (exact) mass is 515 g/mol. The van der Waals surface area contributed by atoms with Crippen LogP contribution >= 0.6 is 34.8 Å². The lowest BCUT2D eigenvalue weighted by Gasteiger charge is -2.17. The maximum absolute atomic E-state index is 6.24. The fraction of sp³-hybridized carbons (Fsp3) is 0.194. The Morgan fingerprint density at radius 3 is 2.03 bits per heavy atom. The van der Waals surface area contributed by atoms with Crippen molar-refractivity contribution in [3.8, 4) is 11.1 Å². The molecule has 1 aromatic heterocycles. The van der Waals surface area contributed by atoms with Gasteiger partial charge in [0.2, 0.25) is 0 Å². The van der Waals surface area contributed by atoms with E-state index < -0.39 is 0 Å². The number of allylic oxidation sites excluding steroid dienone is 1. The Balaban J connectivity index is 1.48. The molecular weight excluding hydrogens is 493 g/mol. The van der Waals surface area contributed by atoms with Gasteiger partial charge in [0.25, 0.3) is 0 Å². The van der Waals surface area contributed by atoms with E-state index in [0.717, 1.165) is 58.4 Å². The average molecular weight is 517 g/mol. The van der Waals surface area contributed by atoms with Crippen LogP contribution in [0.5, 0.6) is 0 Å². The van der Waals surface area contributed by atoms with Crippen molar-refractivity contribution in [3.05, 3.63) is 122 Å². The Kier molecular flexibility index (Phi) is 6.18. The molecule has 0 amide bonds. The first kappa shape index (κ1) is 22.9. The summed E-state index contributed by atoms with van der Waals surface area (Å²) in [5.41, 5.74) is 11.6. The molecule has 1 atom stereocenters. The van der Waals surface area contributed by atoms with Crippen LogP contribution in [0.25, 0.3) is 22.8 Å². The lowest BCUT2D eigenvalue weighted by Crippen LogP contribution is -2.05. The SMILES string of the molecule is Clc1ccc(C=C2CCc3c2nc2c(c3-c3ccc(Cl)cc3)CCC2Cc2ccc(Cl)cc2)cc1. The van der Waals surface area contributed by atoms with Gasteiger partial charge in [-0.2, -0.15) is 0 Å². The van der Waals surface area contributed by atoms with Gasteiger partial charge in [-0.25, -0.2) is 0 Å². The zero-order chi connectivity index (χ0) is 23.9. The van der Waals surface area contributed by atoms with Gasteiger partial charge in [0, 0.05) is 26.7 Å². The highest BCUT2D eigenvalue weighted by Gasteiger charge is 2.33. The van der Waals surface area contributed by atoms with Gasteiger partial charge in [-0.1, -0.05) is 71.2 Å². The Morgan fingerprint density at radius 1 is 0.714 bits per heavy atom. The number of aromatic nitrogens is 1. The van der Waals surface area contributed by atoms with Crippen LogP contribution < -0.4 is 0 Å². The van der Waals surface area contributed by atoms with E-state index in [1.54, 1.807) is 0 Å². The van der Waals surface area contributed by atoms with Crippen molar-refractivity contribution in [1.29, 1.82) is 0 Å². The van der Waals surface area contributed by atoms with Crippen LogP contribution in [0, 0.1) is 0 Å². The summed E-state index contributed by atoms with van der Waals surface area (Å²) in [7, 11) is 0. The molecule has 3 aromatic carbocycles. The molecule has 4 aromatic rings. The van der Waals surface area contributed by atoms with Crippen molar-refractivity contribution in [2.24, 2.45) is 0 Å². The summed E-state index contributed by atoms with van der Waals surface area (Å²) in [5.74, 6) is 0.403. The molecule has 35 heavy (non-hydrogen) atoms. The summed E-state index contributed by atoms with van der Waals surface area (Å²) in [5, 5.41) is 2.29. The molecule has 4 heteroatoms. The summed E-state index contributed by atoms with van der Waals surface area (Å²) >= 11 is 18.5. The summed E-state index contributed by atoms with van der Waals surface area (Å²) in [6.45, 7) is 0. The van der Waals surface area contributed by atoms with Crippen LogP contribution in [0.4, 0.5) is 0 Å². The zero-order valence-corrected chi connectivity index (χ0v) is 21.5. The molecule has 1 nitrogen and oxygen atoms in total. The van der Waals surface area contributed by atoms with Crippen molar-refractivity contribution in [3.63, 3.8) is 0 Å². The summed E-state index contributed by atoms with van der Waals surface area (Å²) in [6, 6.07) is 24.6. The molecule has 174 valence electrons. The van der Waals surface area contributed by atoms with Crippen LogP contribution in [0.1, 0.15) is 52.4 Å². The third-order valence-electron chi connectivity index (χ3n) is 7.25. The average Bonchev–Trinajstić information content (AvgIpc) is 3.45. The minimum atomic E-state index is 0.403. The van der Waals surface area contributed by atoms with Crippen LogP contribution in [0.2, 0.25) is 15.1 Å². The molecule has 0 saturated heterocycles. The topological polar surface area (TPSA) is 12.9 Å². The highest BCUT2D eigenvalue weighted by molar-refractivity contribution is 6.31. The van der Waals surface area contributed by atoms with Crippen LogP contribution in [0.3, 0.4) is 0 Å². The number of benzene rings is 3. The van der Waals surface area contributed by atoms with E-state index in [9.17, 15) is 0 Å². The molecule has 2 aliphatic carbocycles. The first-order valence-corrected chi connectivity index (χ1v) is 13.2. The molecule has 1 heterocycles. The molecule has 6 rings (SSSR count). The van der Waals surface area contributed by atoms with E-state index in [0.29, 0.717) is 5.92 Å². The molecule has 0 spiro atoms. The minimum absolute atomic E-state index is 0.403. The smallest absolute Gasteiger partial charge is 0.0703 e. The summed E-state index contributed by atoms with van der Waals surface area (Å²) in [6.07, 6.45) is 7.43. The molecule has 0 saturated carbocycles. The van der Waals surface area contributed by atoms with E-state index in [1.165, 1.54) is 39.1 Å². The van der Waals surface area contributed by atoms with Crippen molar-refractivity contribution in [2.45, 2.75) is 38.0 Å². The van der Waals surface area contributed by atoms with Gasteiger partial charge < -0.3 is 0 Å². The fourth-order valence-electron chi connectivity index (χ4n) is 5.59. The number of rotatable bonds is 4. The molecule has 0 radical (unpaired) electrons. The Hall–Kier alpha value is -2.58. The lowest BCUT2D eigenvalue weighted by atomic mass is 9.91. The number of halogens is 3. The van der Waals surface area contributed by atoms with E-state index in [4.69, 9.17) is 39.8 Å². The summed E-state index contributed by atoms with van der Waals surface area (Å²) < 4.78 is 0. The first-order valence-electron chi connectivity index (χ1n) is 12.1. The number of hydrogen-bond acceptors (Lipinski definition) is 1. The Bertz CT molecular complexity index is 1420. The van der Waals surface area contributed by atoms with Crippen LogP contribution in [0.15, 0.2) is 72.8 Å². The van der Waals surface area contributed by atoms with E-state index in [2.05, 4.69) is 42.5 Å². The number of hydrogen-bond donors (Lipinski definition) is 0. The van der Waals surface area contributed by atoms with Gasteiger partial charge in [0.1, 0.15) is 0 Å². The molecule has 0 aliphatic heterocycles. The largest absolute Gasteiger partial charge is 0.252 e. The van der Waals surface area contributed by atoms with Gasteiger partial charge in [0.05, 0.1) is 5.69 Å².